The second-order valence-corrected chi connectivity index (χ2v) is 12.2. The zero-order valence-corrected chi connectivity index (χ0v) is 22.8. The van der Waals surface area contributed by atoms with Crippen LogP contribution < -0.4 is 4.90 Å². The maximum atomic E-state index is 12.9. The second kappa shape index (κ2) is 10.8. The number of halogens is 1. The summed E-state index contributed by atoms with van der Waals surface area (Å²) >= 11 is 1.88. The highest BCUT2D eigenvalue weighted by Crippen LogP contribution is 2.57. The number of amides is 1. The molecule has 0 radical (unpaired) electrons. The molecule has 1 atom stereocenters. The van der Waals surface area contributed by atoms with Crippen molar-refractivity contribution in [3.63, 3.8) is 0 Å². The molecule has 5 aliphatic rings. The van der Waals surface area contributed by atoms with E-state index >= 15 is 0 Å². The van der Waals surface area contributed by atoms with Crippen LogP contribution in [0, 0.1) is 17.8 Å². The maximum absolute atomic E-state index is 12.9. The van der Waals surface area contributed by atoms with Gasteiger partial charge in [0.25, 0.3) is 0 Å². The smallest absolute Gasteiger partial charge is 0.225 e. The minimum atomic E-state index is 0. The van der Waals surface area contributed by atoms with Crippen LogP contribution in [0.3, 0.4) is 0 Å². The van der Waals surface area contributed by atoms with Crippen LogP contribution in [0.1, 0.15) is 84.1 Å². The van der Waals surface area contributed by atoms with Gasteiger partial charge in [-0.05, 0) is 93.2 Å². The Morgan fingerprint density at radius 3 is 2.21 bits per heavy atom. The molecule has 4 nitrogen and oxygen atoms in total. The van der Waals surface area contributed by atoms with E-state index in [4.69, 9.17) is 4.99 Å². The molecular formula is C28H42ClN3OS. The highest BCUT2D eigenvalue weighted by Gasteiger charge is 2.52. The van der Waals surface area contributed by atoms with E-state index < -0.39 is 0 Å². The number of aliphatic imine (C=N–C) groups is 1. The van der Waals surface area contributed by atoms with E-state index in [1.165, 1.54) is 62.1 Å². The van der Waals surface area contributed by atoms with Gasteiger partial charge in [-0.2, -0.15) is 0 Å². The van der Waals surface area contributed by atoms with Gasteiger partial charge in [0.1, 0.15) is 6.17 Å². The molecule has 6 rings (SSSR count). The van der Waals surface area contributed by atoms with Gasteiger partial charge in [0.2, 0.25) is 5.91 Å². The number of hydrogen-bond acceptors (Lipinski definition) is 3. The number of thioether (sulfide) groups is 1. The van der Waals surface area contributed by atoms with Crippen molar-refractivity contribution in [2.75, 3.05) is 17.2 Å². The number of carbonyl (C=O) groups is 1. The first-order chi connectivity index (χ1) is 16.0. The number of aryl methyl sites for hydroxylation is 1. The summed E-state index contributed by atoms with van der Waals surface area (Å²) in [6.45, 7) is 7.15. The Labute approximate surface area is 216 Å². The number of carbonyl (C=O) groups excluding carboxylic acids is 1. The molecule has 1 heterocycles. The molecule has 0 aromatic heterocycles. The Bertz CT molecular complexity index is 851. The first kappa shape index (κ1) is 25.9. The molecule has 4 saturated carbocycles. The van der Waals surface area contributed by atoms with E-state index in [9.17, 15) is 4.79 Å². The minimum absolute atomic E-state index is 0. The van der Waals surface area contributed by atoms with E-state index in [2.05, 4.69) is 43.0 Å². The number of amidine groups is 1. The average Bonchev–Trinajstić information content (AvgIpc) is 3.13. The van der Waals surface area contributed by atoms with Gasteiger partial charge in [-0.25, -0.2) is 0 Å². The van der Waals surface area contributed by atoms with Crippen LogP contribution in [0.5, 0.6) is 0 Å². The Hall–Kier alpha value is -1.20. The fraction of sp³-hybridized carbons (Fsp3) is 0.714. The normalized spacial score (nSPS) is 32.8. The van der Waals surface area contributed by atoms with Crippen molar-refractivity contribution < 1.29 is 4.79 Å². The third-order valence-corrected chi connectivity index (χ3v) is 9.49. The van der Waals surface area contributed by atoms with Crippen molar-refractivity contribution in [1.29, 1.82) is 0 Å². The van der Waals surface area contributed by atoms with Gasteiger partial charge in [-0.1, -0.05) is 44.2 Å². The Balaban J connectivity index is 0.00000274. The van der Waals surface area contributed by atoms with Gasteiger partial charge in [0, 0.05) is 24.9 Å². The molecule has 0 N–H and O–H groups in total. The van der Waals surface area contributed by atoms with Crippen molar-refractivity contribution in [2.24, 2.45) is 22.7 Å². The van der Waals surface area contributed by atoms with Crippen LogP contribution in [0.2, 0.25) is 0 Å². The number of unbranched alkanes of at least 4 members (excludes halogenated alkanes) is 1. The standard InChI is InChI=1S/C28H41N3OS.ClH/c1-4-6-7-21-8-10-25(11-9-21)31(20(3)32)26-19-33-27(30(26)12-5-2)29-28-16-22-13-23(17-28)15-24(14-22)18-28;/h8-11,22-24,26H,4-7,12-19H2,1-3H3;1H. The number of nitrogens with zero attached hydrogens (tertiary/aromatic N) is 3. The lowest BCUT2D eigenvalue weighted by Crippen LogP contribution is -2.52. The zero-order chi connectivity index (χ0) is 23.0. The van der Waals surface area contributed by atoms with Gasteiger partial charge in [0.15, 0.2) is 5.17 Å². The third kappa shape index (κ3) is 5.16. The van der Waals surface area contributed by atoms with Crippen LogP contribution >= 0.6 is 24.2 Å². The van der Waals surface area contributed by atoms with Crippen molar-refractivity contribution >= 4 is 40.9 Å². The van der Waals surface area contributed by atoms with Crippen LogP contribution in [0.25, 0.3) is 0 Å². The van der Waals surface area contributed by atoms with Crippen LogP contribution in [-0.2, 0) is 11.2 Å². The average molecular weight is 504 g/mol. The highest BCUT2D eigenvalue weighted by atomic mass is 35.5. The fourth-order valence-electron chi connectivity index (χ4n) is 7.42. The lowest BCUT2D eigenvalue weighted by molar-refractivity contribution is -0.117. The molecule has 4 aliphatic carbocycles. The number of benzene rings is 1. The van der Waals surface area contributed by atoms with Crippen molar-refractivity contribution in [3.8, 4) is 0 Å². The van der Waals surface area contributed by atoms with Gasteiger partial charge in [-0.15, -0.1) is 12.4 Å². The quantitative estimate of drug-likeness (QED) is 0.386. The Kier molecular flexibility index (Phi) is 8.24. The molecule has 188 valence electrons. The maximum Gasteiger partial charge on any atom is 0.225 e. The molecule has 34 heavy (non-hydrogen) atoms. The van der Waals surface area contributed by atoms with Crippen molar-refractivity contribution in [2.45, 2.75) is 96.7 Å². The summed E-state index contributed by atoms with van der Waals surface area (Å²) in [4.78, 5) is 23.0. The van der Waals surface area contributed by atoms with E-state index in [0.29, 0.717) is 0 Å². The predicted octanol–water partition coefficient (Wildman–Crippen LogP) is 6.91. The summed E-state index contributed by atoms with van der Waals surface area (Å²) in [5.41, 5.74) is 2.56. The third-order valence-electron chi connectivity index (χ3n) is 8.44. The molecule has 1 unspecified atom stereocenters. The summed E-state index contributed by atoms with van der Waals surface area (Å²) in [5.74, 6) is 3.74. The van der Waals surface area contributed by atoms with E-state index in [1.54, 1.807) is 6.92 Å². The topological polar surface area (TPSA) is 35.9 Å². The molecular weight excluding hydrogens is 462 g/mol. The zero-order valence-electron chi connectivity index (χ0n) is 21.2. The number of hydrogen-bond donors (Lipinski definition) is 0. The summed E-state index contributed by atoms with van der Waals surface area (Å²) < 4.78 is 0. The molecule has 5 fully saturated rings. The monoisotopic (exact) mass is 503 g/mol. The van der Waals surface area contributed by atoms with Crippen molar-refractivity contribution in [3.05, 3.63) is 29.8 Å². The molecule has 1 amide bonds. The Morgan fingerprint density at radius 1 is 1.06 bits per heavy atom. The first-order valence-corrected chi connectivity index (χ1v) is 14.4. The summed E-state index contributed by atoms with van der Waals surface area (Å²) in [5, 5.41) is 1.20. The highest BCUT2D eigenvalue weighted by molar-refractivity contribution is 8.14. The van der Waals surface area contributed by atoms with E-state index in [1.807, 2.05) is 16.7 Å². The SMILES string of the molecule is CCCCc1ccc(N(C(C)=O)C2CSC(=NC34CC5CC(CC(C5)C3)C4)N2CCC)cc1.Cl. The Morgan fingerprint density at radius 2 is 1.68 bits per heavy atom. The molecule has 6 heteroatoms. The molecule has 1 saturated heterocycles. The van der Waals surface area contributed by atoms with Crippen molar-refractivity contribution in [1.82, 2.24) is 4.90 Å². The number of rotatable bonds is 8. The van der Waals surface area contributed by atoms with Crippen LogP contribution in [0.4, 0.5) is 5.69 Å². The predicted molar refractivity (Wildman–Crippen MR) is 147 cm³/mol. The van der Waals surface area contributed by atoms with Crippen LogP contribution in [-0.4, -0.2) is 40.0 Å². The van der Waals surface area contributed by atoms with Gasteiger partial charge in [-0.3, -0.25) is 14.7 Å². The molecule has 0 spiro atoms. The van der Waals surface area contributed by atoms with E-state index in [-0.39, 0.29) is 30.0 Å². The summed E-state index contributed by atoms with van der Waals surface area (Å²) in [6.07, 6.45) is 12.9. The molecule has 1 aromatic carbocycles. The lowest BCUT2D eigenvalue weighted by Gasteiger charge is -2.55. The summed E-state index contributed by atoms with van der Waals surface area (Å²) in [7, 11) is 0. The van der Waals surface area contributed by atoms with Crippen LogP contribution in [0.15, 0.2) is 29.3 Å². The van der Waals surface area contributed by atoms with Gasteiger partial charge >= 0.3 is 0 Å². The van der Waals surface area contributed by atoms with E-state index in [0.717, 1.165) is 48.6 Å². The molecule has 4 bridgehead atoms. The largest absolute Gasteiger partial charge is 0.330 e. The first-order valence-electron chi connectivity index (χ1n) is 13.4. The fourth-order valence-corrected chi connectivity index (χ4v) is 8.68. The molecule has 1 aliphatic heterocycles. The lowest BCUT2D eigenvalue weighted by atomic mass is 9.53. The second-order valence-electron chi connectivity index (χ2n) is 11.2. The summed E-state index contributed by atoms with van der Waals surface area (Å²) in [6, 6.07) is 8.71. The number of anilines is 1. The molecule has 1 aromatic rings. The van der Waals surface area contributed by atoms with Gasteiger partial charge < -0.3 is 4.90 Å². The minimum Gasteiger partial charge on any atom is -0.330 e. The van der Waals surface area contributed by atoms with Gasteiger partial charge in [0.05, 0.1) is 5.54 Å².